The second-order valence-electron chi connectivity index (χ2n) is 5.82. The van der Waals surface area contributed by atoms with Gasteiger partial charge in [-0.2, -0.15) is 0 Å². The molecule has 3 aromatic rings. The molecule has 1 heterocycles. The van der Waals surface area contributed by atoms with Gasteiger partial charge in [0.25, 0.3) is 0 Å². The summed E-state index contributed by atoms with van der Waals surface area (Å²) < 4.78 is 0. The van der Waals surface area contributed by atoms with Crippen LogP contribution >= 0.6 is 11.3 Å². The normalized spacial score (nSPS) is 11.2. The Kier molecular flexibility index (Phi) is 3.94. The van der Waals surface area contributed by atoms with Crippen LogP contribution in [-0.4, -0.2) is 16.1 Å². The number of benzene rings is 2. The van der Waals surface area contributed by atoms with Crippen LogP contribution in [0.2, 0.25) is 0 Å². The minimum atomic E-state index is -0.902. The van der Waals surface area contributed by atoms with Crippen molar-refractivity contribution < 1.29 is 9.90 Å². The molecule has 4 heteroatoms. The van der Waals surface area contributed by atoms with Gasteiger partial charge in [0.1, 0.15) is 5.01 Å². The summed E-state index contributed by atoms with van der Waals surface area (Å²) in [5, 5.41) is 14.2. The fraction of sp³-hybridized carbons (Fsp3) is 0.222. The summed E-state index contributed by atoms with van der Waals surface area (Å²) in [6, 6.07) is 11.3. The zero-order valence-corrected chi connectivity index (χ0v) is 13.4. The Hall–Kier alpha value is -2.20. The Morgan fingerprint density at radius 1 is 1.18 bits per heavy atom. The van der Waals surface area contributed by atoms with Crippen molar-refractivity contribution in [3.63, 3.8) is 0 Å². The van der Waals surface area contributed by atoms with E-state index in [-0.39, 0.29) is 0 Å². The van der Waals surface area contributed by atoms with Crippen molar-refractivity contribution in [2.24, 2.45) is 5.92 Å². The molecular weight excluding hydrogens is 294 g/mol. The van der Waals surface area contributed by atoms with E-state index in [0.717, 1.165) is 33.5 Å². The average molecular weight is 311 g/mol. The van der Waals surface area contributed by atoms with E-state index in [1.54, 1.807) is 23.5 Å². The highest BCUT2D eigenvalue weighted by molar-refractivity contribution is 7.13. The molecule has 3 rings (SSSR count). The third-order valence-electron chi connectivity index (χ3n) is 3.50. The number of nitrogens with zero attached hydrogens (tertiary/aromatic N) is 1. The minimum Gasteiger partial charge on any atom is -0.478 e. The Labute approximate surface area is 133 Å². The van der Waals surface area contributed by atoms with Gasteiger partial charge in [0, 0.05) is 10.9 Å². The smallest absolute Gasteiger partial charge is 0.335 e. The fourth-order valence-corrected chi connectivity index (χ4v) is 3.29. The van der Waals surface area contributed by atoms with E-state index in [4.69, 9.17) is 5.11 Å². The minimum absolute atomic E-state index is 0.310. The number of carboxylic acids is 1. The molecule has 0 spiro atoms. The van der Waals surface area contributed by atoms with E-state index < -0.39 is 5.97 Å². The van der Waals surface area contributed by atoms with Crippen LogP contribution in [0.4, 0.5) is 0 Å². The monoisotopic (exact) mass is 311 g/mol. The van der Waals surface area contributed by atoms with E-state index in [0.29, 0.717) is 11.5 Å². The molecule has 1 aromatic heterocycles. The van der Waals surface area contributed by atoms with Gasteiger partial charge in [-0.05, 0) is 41.3 Å². The molecule has 22 heavy (non-hydrogen) atoms. The molecule has 0 amide bonds. The first-order chi connectivity index (χ1) is 10.5. The maximum Gasteiger partial charge on any atom is 0.335 e. The molecule has 1 N–H and O–H groups in total. The maximum atomic E-state index is 11.1. The van der Waals surface area contributed by atoms with Crippen LogP contribution in [-0.2, 0) is 6.42 Å². The Morgan fingerprint density at radius 3 is 2.68 bits per heavy atom. The van der Waals surface area contributed by atoms with Gasteiger partial charge >= 0.3 is 5.97 Å². The van der Waals surface area contributed by atoms with E-state index in [1.807, 2.05) is 24.3 Å². The second-order valence-corrected chi connectivity index (χ2v) is 6.68. The number of hydrogen-bond donors (Lipinski definition) is 1. The maximum absolute atomic E-state index is 11.1. The molecule has 0 radical (unpaired) electrons. The van der Waals surface area contributed by atoms with Crippen LogP contribution in [0, 0.1) is 5.92 Å². The summed E-state index contributed by atoms with van der Waals surface area (Å²) in [6.45, 7) is 4.37. The van der Waals surface area contributed by atoms with Gasteiger partial charge in [0.2, 0.25) is 0 Å². The third kappa shape index (κ3) is 3.02. The molecule has 0 atom stereocenters. The summed E-state index contributed by atoms with van der Waals surface area (Å²) in [7, 11) is 0. The number of rotatable bonds is 4. The molecular formula is C18H17NO2S. The van der Waals surface area contributed by atoms with Crippen LogP contribution in [0.25, 0.3) is 21.3 Å². The Bertz CT molecular complexity index is 836. The first-order valence-electron chi connectivity index (χ1n) is 7.25. The SMILES string of the molecule is CC(C)Cc1csc(-c2ccc3ccc(C(=O)O)cc3c2)n1. The summed E-state index contributed by atoms with van der Waals surface area (Å²) in [5.41, 5.74) is 2.47. The molecule has 3 nitrogen and oxygen atoms in total. The molecule has 0 aliphatic carbocycles. The van der Waals surface area contributed by atoms with Crippen LogP contribution in [0.1, 0.15) is 29.9 Å². The largest absolute Gasteiger partial charge is 0.478 e. The van der Waals surface area contributed by atoms with Crippen LogP contribution in [0.3, 0.4) is 0 Å². The topological polar surface area (TPSA) is 50.2 Å². The number of carbonyl (C=O) groups is 1. The van der Waals surface area contributed by atoms with E-state index in [1.165, 1.54) is 0 Å². The van der Waals surface area contributed by atoms with E-state index in [2.05, 4.69) is 24.2 Å². The lowest BCUT2D eigenvalue weighted by Gasteiger charge is -2.03. The lowest BCUT2D eigenvalue weighted by Crippen LogP contribution is -1.95. The molecule has 0 aliphatic rings. The molecule has 2 aromatic carbocycles. The first-order valence-corrected chi connectivity index (χ1v) is 8.13. The van der Waals surface area contributed by atoms with Gasteiger partial charge in [-0.15, -0.1) is 11.3 Å². The van der Waals surface area contributed by atoms with Crippen LogP contribution in [0.15, 0.2) is 41.8 Å². The number of thiazole rings is 1. The van der Waals surface area contributed by atoms with Crippen LogP contribution < -0.4 is 0 Å². The highest BCUT2D eigenvalue weighted by Crippen LogP contribution is 2.28. The highest BCUT2D eigenvalue weighted by atomic mass is 32.1. The van der Waals surface area contributed by atoms with Crippen LogP contribution in [0.5, 0.6) is 0 Å². The van der Waals surface area contributed by atoms with Gasteiger partial charge in [-0.1, -0.05) is 32.0 Å². The lowest BCUT2D eigenvalue weighted by molar-refractivity contribution is 0.0697. The molecule has 0 fully saturated rings. The highest BCUT2D eigenvalue weighted by Gasteiger charge is 2.08. The van der Waals surface area contributed by atoms with Gasteiger partial charge < -0.3 is 5.11 Å². The molecule has 0 unspecified atom stereocenters. The van der Waals surface area contributed by atoms with Crippen molar-refractivity contribution >= 4 is 28.1 Å². The van der Waals surface area contributed by atoms with E-state index in [9.17, 15) is 4.79 Å². The van der Waals surface area contributed by atoms with E-state index >= 15 is 0 Å². The summed E-state index contributed by atoms with van der Waals surface area (Å²) in [6.07, 6.45) is 0.979. The zero-order valence-electron chi connectivity index (χ0n) is 12.5. The van der Waals surface area contributed by atoms with Crippen molar-refractivity contribution in [1.82, 2.24) is 4.98 Å². The number of hydrogen-bond acceptors (Lipinski definition) is 3. The first kappa shape index (κ1) is 14.7. The predicted octanol–water partition coefficient (Wildman–Crippen LogP) is 4.86. The van der Waals surface area contributed by atoms with Gasteiger partial charge in [0.15, 0.2) is 0 Å². The van der Waals surface area contributed by atoms with Crippen molar-refractivity contribution in [3.05, 3.63) is 53.0 Å². The Balaban J connectivity index is 2.00. The zero-order chi connectivity index (χ0) is 15.7. The molecule has 0 aliphatic heterocycles. The fourth-order valence-electron chi connectivity index (χ4n) is 2.46. The predicted molar refractivity (Wildman–Crippen MR) is 90.6 cm³/mol. The standard InChI is InChI=1S/C18H17NO2S/c1-11(2)7-16-10-22-17(19-16)13-5-3-12-4-6-14(18(20)21)9-15(12)8-13/h3-6,8-11H,7H2,1-2H3,(H,20,21). The average Bonchev–Trinajstić information content (AvgIpc) is 2.93. The molecule has 0 saturated heterocycles. The Morgan fingerprint density at radius 2 is 1.95 bits per heavy atom. The number of aromatic carboxylic acids is 1. The van der Waals surface area contributed by atoms with Gasteiger partial charge in [-0.3, -0.25) is 0 Å². The van der Waals surface area contributed by atoms with Crippen molar-refractivity contribution in [1.29, 1.82) is 0 Å². The van der Waals surface area contributed by atoms with Crippen molar-refractivity contribution in [2.75, 3.05) is 0 Å². The summed E-state index contributed by atoms with van der Waals surface area (Å²) in [5.74, 6) is -0.314. The summed E-state index contributed by atoms with van der Waals surface area (Å²) >= 11 is 1.64. The number of carboxylic acid groups (broad SMARTS) is 1. The second kappa shape index (κ2) is 5.89. The molecule has 112 valence electrons. The number of aromatic nitrogens is 1. The molecule has 0 bridgehead atoms. The van der Waals surface area contributed by atoms with Crippen molar-refractivity contribution in [3.8, 4) is 10.6 Å². The van der Waals surface area contributed by atoms with Gasteiger partial charge in [-0.25, -0.2) is 9.78 Å². The van der Waals surface area contributed by atoms with Gasteiger partial charge in [0.05, 0.1) is 11.3 Å². The number of fused-ring (bicyclic) bond motifs is 1. The third-order valence-corrected chi connectivity index (χ3v) is 4.44. The quantitative estimate of drug-likeness (QED) is 0.748. The summed E-state index contributed by atoms with van der Waals surface area (Å²) in [4.78, 5) is 15.8. The van der Waals surface area contributed by atoms with Crippen molar-refractivity contribution in [2.45, 2.75) is 20.3 Å². The lowest BCUT2D eigenvalue weighted by atomic mass is 10.0. The molecule has 0 saturated carbocycles.